The molecule has 0 unspecified atom stereocenters. The lowest BCUT2D eigenvalue weighted by Gasteiger charge is -2.10. The Kier molecular flexibility index (Phi) is 7.96. The maximum Gasteiger partial charge on any atom is 0.343 e. The Morgan fingerprint density at radius 2 is 1.59 bits per heavy atom. The van der Waals surface area contributed by atoms with Crippen LogP contribution in [-0.4, -0.2) is 38.2 Å². The van der Waals surface area contributed by atoms with Crippen molar-refractivity contribution in [1.29, 1.82) is 0 Å². The van der Waals surface area contributed by atoms with Crippen LogP contribution in [0.2, 0.25) is 0 Å². The zero-order valence-corrected chi connectivity index (χ0v) is 18.8. The Morgan fingerprint density at radius 3 is 2.26 bits per heavy atom. The van der Waals surface area contributed by atoms with E-state index in [1.54, 1.807) is 48.5 Å². The van der Waals surface area contributed by atoms with Crippen molar-refractivity contribution in [2.24, 2.45) is 5.10 Å². The van der Waals surface area contributed by atoms with E-state index in [2.05, 4.69) is 15.8 Å². The summed E-state index contributed by atoms with van der Waals surface area (Å²) < 4.78 is 15.8. The van der Waals surface area contributed by atoms with E-state index in [9.17, 15) is 14.4 Å². The number of anilines is 1. The Bertz CT molecular complexity index is 1220. The highest BCUT2D eigenvalue weighted by molar-refractivity contribution is 6.39. The first-order valence-corrected chi connectivity index (χ1v) is 10.2. The molecule has 0 bridgehead atoms. The van der Waals surface area contributed by atoms with Gasteiger partial charge in [0.05, 0.1) is 26.0 Å². The van der Waals surface area contributed by atoms with Crippen molar-refractivity contribution >= 4 is 29.7 Å². The van der Waals surface area contributed by atoms with Crippen LogP contribution in [0.15, 0.2) is 71.8 Å². The molecule has 9 nitrogen and oxygen atoms in total. The molecule has 0 radical (unpaired) electrons. The summed E-state index contributed by atoms with van der Waals surface area (Å²) in [5.41, 5.74) is 4.42. The molecule has 0 aliphatic heterocycles. The quantitative estimate of drug-likeness (QED) is 0.183. The summed E-state index contributed by atoms with van der Waals surface area (Å²) in [6.45, 7) is 1.82. The van der Waals surface area contributed by atoms with Crippen LogP contribution in [0, 0.1) is 6.92 Å². The van der Waals surface area contributed by atoms with E-state index in [0.29, 0.717) is 22.6 Å². The zero-order chi connectivity index (χ0) is 24.5. The molecule has 9 heteroatoms. The van der Waals surface area contributed by atoms with Gasteiger partial charge in [-0.25, -0.2) is 10.2 Å². The molecule has 0 saturated heterocycles. The van der Waals surface area contributed by atoms with Crippen LogP contribution >= 0.6 is 0 Å². The number of hydrazone groups is 1. The summed E-state index contributed by atoms with van der Waals surface area (Å²) in [4.78, 5) is 36.4. The van der Waals surface area contributed by atoms with E-state index in [1.165, 1.54) is 26.5 Å². The number of amides is 2. The predicted molar refractivity (Wildman–Crippen MR) is 126 cm³/mol. The normalized spacial score (nSPS) is 10.4. The highest BCUT2D eigenvalue weighted by Gasteiger charge is 2.15. The topological polar surface area (TPSA) is 115 Å². The summed E-state index contributed by atoms with van der Waals surface area (Å²) in [7, 11) is 2.97. The number of hydrogen-bond donors (Lipinski definition) is 2. The largest absolute Gasteiger partial charge is 0.497 e. The molecule has 3 aromatic carbocycles. The molecule has 34 heavy (non-hydrogen) atoms. The van der Waals surface area contributed by atoms with Crippen LogP contribution in [0.4, 0.5) is 5.69 Å². The number of hydrogen-bond acceptors (Lipinski definition) is 7. The molecule has 0 aliphatic carbocycles. The van der Waals surface area contributed by atoms with Crippen LogP contribution in [0.5, 0.6) is 17.2 Å². The Labute approximate surface area is 196 Å². The van der Waals surface area contributed by atoms with E-state index in [0.717, 1.165) is 5.56 Å². The van der Waals surface area contributed by atoms with E-state index in [-0.39, 0.29) is 11.5 Å². The van der Waals surface area contributed by atoms with Crippen molar-refractivity contribution in [3.63, 3.8) is 0 Å². The van der Waals surface area contributed by atoms with E-state index < -0.39 is 17.8 Å². The summed E-state index contributed by atoms with van der Waals surface area (Å²) >= 11 is 0. The number of methoxy groups -OCH3 is 2. The van der Waals surface area contributed by atoms with Crippen LogP contribution in [0.3, 0.4) is 0 Å². The molecule has 3 rings (SSSR count). The number of rotatable bonds is 7. The van der Waals surface area contributed by atoms with Crippen molar-refractivity contribution in [2.45, 2.75) is 6.92 Å². The highest BCUT2D eigenvalue weighted by atomic mass is 16.6. The second-order valence-corrected chi connectivity index (χ2v) is 7.00. The van der Waals surface area contributed by atoms with Gasteiger partial charge in [0.1, 0.15) is 5.75 Å². The van der Waals surface area contributed by atoms with Crippen molar-refractivity contribution in [1.82, 2.24) is 5.43 Å². The van der Waals surface area contributed by atoms with E-state index in [4.69, 9.17) is 14.2 Å². The van der Waals surface area contributed by atoms with Crippen molar-refractivity contribution in [3.8, 4) is 17.2 Å². The zero-order valence-electron chi connectivity index (χ0n) is 18.8. The van der Waals surface area contributed by atoms with Gasteiger partial charge in [0, 0.05) is 5.69 Å². The van der Waals surface area contributed by atoms with Gasteiger partial charge in [-0.1, -0.05) is 18.2 Å². The number of aryl methyl sites for hydroxylation is 1. The SMILES string of the molecule is COc1ccc(C(=O)Oc2ccc(C=NNC(=O)C(=O)Nc3ccccc3C)cc2OC)cc1. The van der Waals surface area contributed by atoms with Gasteiger partial charge in [-0.15, -0.1) is 0 Å². The number of esters is 1. The molecular formula is C25H23N3O6. The predicted octanol–water partition coefficient (Wildman–Crippen LogP) is 3.32. The molecule has 0 spiro atoms. The molecule has 0 saturated carbocycles. The fourth-order valence-electron chi connectivity index (χ4n) is 2.84. The summed E-state index contributed by atoms with van der Waals surface area (Å²) in [6.07, 6.45) is 1.33. The van der Waals surface area contributed by atoms with Crippen LogP contribution < -0.4 is 25.0 Å². The first kappa shape index (κ1) is 24.0. The molecule has 0 atom stereocenters. The minimum absolute atomic E-state index is 0.210. The summed E-state index contributed by atoms with van der Waals surface area (Å²) in [5.74, 6) is -1.20. The Balaban J connectivity index is 1.61. The average Bonchev–Trinajstić information content (AvgIpc) is 2.86. The van der Waals surface area contributed by atoms with Crippen molar-refractivity contribution in [3.05, 3.63) is 83.4 Å². The monoisotopic (exact) mass is 461 g/mol. The second-order valence-electron chi connectivity index (χ2n) is 7.00. The number of para-hydroxylation sites is 1. The number of benzene rings is 3. The molecule has 2 N–H and O–H groups in total. The maximum absolute atomic E-state index is 12.4. The van der Waals surface area contributed by atoms with Gasteiger partial charge in [-0.3, -0.25) is 9.59 Å². The standard InChI is InChI=1S/C25H23N3O6/c1-16-6-4-5-7-20(16)27-23(29)24(30)28-26-15-17-8-13-21(22(14-17)33-3)34-25(31)18-9-11-19(32-2)12-10-18/h4-15H,1-3H3,(H,27,29)(H,28,30). The van der Waals surface area contributed by atoms with Gasteiger partial charge >= 0.3 is 17.8 Å². The van der Waals surface area contributed by atoms with Gasteiger partial charge in [0.25, 0.3) is 0 Å². The van der Waals surface area contributed by atoms with E-state index in [1.807, 2.05) is 19.1 Å². The molecule has 0 aromatic heterocycles. The van der Waals surface area contributed by atoms with Crippen LogP contribution in [0.25, 0.3) is 0 Å². The first-order chi connectivity index (χ1) is 16.4. The molecule has 3 aromatic rings. The number of ether oxygens (including phenoxy) is 3. The van der Waals surface area contributed by atoms with Gasteiger partial charge in [0.15, 0.2) is 11.5 Å². The molecule has 0 heterocycles. The van der Waals surface area contributed by atoms with Crippen molar-refractivity contribution < 1.29 is 28.6 Å². The molecule has 174 valence electrons. The first-order valence-electron chi connectivity index (χ1n) is 10.2. The molecule has 2 amide bonds. The Morgan fingerprint density at radius 1 is 0.853 bits per heavy atom. The smallest absolute Gasteiger partial charge is 0.343 e. The summed E-state index contributed by atoms with van der Waals surface area (Å²) in [5, 5.41) is 6.32. The third kappa shape index (κ3) is 6.19. The number of carbonyl (C=O) groups excluding carboxylic acids is 3. The molecule has 0 fully saturated rings. The fourth-order valence-corrected chi connectivity index (χ4v) is 2.84. The minimum atomic E-state index is -0.920. The number of nitrogens with zero attached hydrogens (tertiary/aromatic N) is 1. The van der Waals surface area contributed by atoms with Crippen LogP contribution in [0.1, 0.15) is 21.5 Å². The minimum Gasteiger partial charge on any atom is -0.497 e. The fraction of sp³-hybridized carbons (Fsp3) is 0.120. The molecular weight excluding hydrogens is 438 g/mol. The van der Waals surface area contributed by atoms with E-state index >= 15 is 0 Å². The number of carbonyl (C=O) groups is 3. The van der Waals surface area contributed by atoms with Crippen LogP contribution in [-0.2, 0) is 9.59 Å². The lowest BCUT2D eigenvalue weighted by atomic mass is 10.2. The lowest BCUT2D eigenvalue weighted by molar-refractivity contribution is -0.136. The lowest BCUT2D eigenvalue weighted by Crippen LogP contribution is -2.32. The van der Waals surface area contributed by atoms with Gasteiger partial charge < -0.3 is 19.5 Å². The number of nitrogens with one attached hydrogen (secondary N) is 2. The second kappa shape index (κ2) is 11.3. The third-order valence-electron chi connectivity index (χ3n) is 4.70. The highest BCUT2D eigenvalue weighted by Crippen LogP contribution is 2.28. The van der Waals surface area contributed by atoms with Gasteiger partial charge in [-0.2, -0.15) is 5.10 Å². The van der Waals surface area contributed by atoms with Gasteiger partial charge in [-0.05, 0) is 66.6 Å². The maximum atomic E-state index is 12.4. The summed E-state index contributed by atoms with van der Waals surface area (Å²) in [6, 6.07) is 18.3. The molecule has 0 aliphatic rings. The average molecular weight is 461 g/mol. The third-order valence-corrected chi connectivity index (χ3v) is 4.70. The Hall–Kier alpha value is -4.66. The van der Waals surface area contributed by atoms with Gasteiger partial charge in [0.2, 0.25) is 0 Å². The van der Waals surface area contributed by atoms with Crippen molar-refractivity contribution in [2.75, 3.05) is 19.5 Å².